The molecular weight excluding hydrogens is 287 g/mol. The Kier molecular flexibility index (Phi) is 2.98. The summed E-state index contributed by atoms with van der Waals surface area (Å²) in [6, 6.07) is 10.4. The summed E-state index contributed by atoms with van der Waals surface area (Å²) in [6.07, 6.45) is 0.849. The summed E-state index contributed by atoms with van der Waals surface area (Å²) in [7, 11) is 0. The first-order chi connectivity index (χ1) is 6.79. The molecule has 1 aromatic carbocycles. The maximum atomic E-state index is 5.49. The second kappa shape index (κ2) is 4.23. The summed E-state index contributed by atoms with van der Waals surface area (Å²) in [5.41, 5.74) is 7.61. The van der Waals surface area contributed by atoms with Gasteiger partial charge in [-0.1, -0.05) is 6.07 Å². The molecule has 2 N–H and O–H groups in total. The molecule has 0 unspecified atom stereocenters. The number of benzene rings is 1. The molecule has 1 aromatic heterocycles. The fraction of sp³-hybridized carbons (Fsp3) is 0.182. The van der Waals surface area contributed by atoms with Gasteiger partial charge in [0.15, 0.2) is 0 Å². The normalized spacial score (nSPS) is 10.7. The van der Waals surface area contributed by atoms with E-state index in [9.17, 15) is 0 Å². The first-order valence-electron chi connectivity index (χ1n) is 4.55. The molecule has 0 saturated heterocycles. The van der Waals surface area contributed by atoms with Crippen LogP contribution in [0.25, 0.3) is 10.9 Å². The highest BCUT2D eigenvalue weighted by molar-refractivity contribution is 14.1. The number of rotatable bonds is 2. The molecule has 0 aliphatic rings. The van der Waals surface area contributed by atoms with Gasteiger partial charge in [0.1, 0.15) is 0 Å². The Balaban J connectivity index is 2.50. The number of hydrogen-bond donors (Lipinski definition) is 1. The van der Waals surface area contributed by atoms with E-state index in [2.05, 4.69) is 51.8 Å². The molecular formula is C11H11IN2. The van der Waals surface area contributed by atoms with Crippen LogP contribution in [0.3, 0.4) is 0 Å². The van der Waals surface area contributed by atoms with Crippen molar-refractivity contribution >= 4 is 33.5 Å². The highest BCUT2D eigenvalue weighted by Gasteiger charge is 1.98. The van der Waals surface area contributed by atoms with Crippen LogP contribution in [0, 0.1) is 3.57 Å². The van der Waals surface area contributed by atoms with Gasteiger partial charge in [-0.3, -0.25) is 4.98 Å². The van der Waals surface area contributed by atoms with Crippen molar-refractivity contribution in [3.63, 3.8) is 0 Å². The van der Waals surface area contributed by atoms with Crippen LogP contribution < -0.4 is 5.73 Å². The van der Waals surface area contributed by atoms with Crippen LogP contribution >= 0.6 is 22.6 Å². The molecule has 0 bridgehead atoms. The number of nitrogens with two attached hydrogens (primary N) is 1. The van der Waals surface area contributed by atoms with E-state index in [1.807, 2.05) is 6.07 Å². The molecule has 3 heteroatoms. The van der Waals surface area contributed by atoms with Gasteiger partial charge in [-0.2, -0.15) is 0 Å². The first kappa shape index (κ1) is 9.86. The Morgan fingerprint density at radius 1 is 1.21 bits per heavy atom. The van der Waals surface area contributed by atoms with Gasteiger partial charge < -0.3 is 5.73 Å². The average Bonchev–Trinajstić information content (AvgIpc) is 2.19. The van der Waals surface area contributed by atoms with Gasteiger partial charge in [0, 0.05) is 21.1 Å². The van der Waals surface area contributed by atoms with Gasteiger partial charge in [0.05, 0.1) is 5.52 Å². The SMILES string of the molecule is NCCc1ccc2cc(I)ccc2n1. The molecule has 0 amide bonds. The van der Waals surface area contributed by atoms with Gasteiger partial charge in [0.2, 0.25) is 0 Å². The largest absolute Gasteiger partial charge is 0.330 e. The van der Waals surface area contributed by atoms with Gasteiger partial charge in [-0.25, -0.2) is 0 Å². The molecule has 72 valence electrons. The van der Waals surface area contributed by atoms with Crippen molar-refractivity contribution in [2.75, 3.05) is 6.54 Å². The van der Waals surface area contributed by atoms with E-state index in [1.54, 1.807) is 0 Å². The number of halogens is 1. The van der Waals surface area contributed by atoms with E-state index in [0.717, 1.165) is 17.6 Å². The van der Waals surface area contributed by atoms with Crippen molar-refractivity contribution in [2.24, 2.45) is 5.73 Å². The number of nitrogens with zero attached hydrogens (tertiary/aromatic N) is 1. The van der Waals surface area contributed by atoms with Crippen molar-refractivity contribution in [3.05, 3.63) is 39.6 Å². The number of fused-ring (bicyclic) bond motifs is 1. The molecule has 0 fully saturated rings. The molecule has 1 heterocycles. The number of hydrogen-bond acceptors (Lipinski definition) is 2. The summed E-state index contributed by atoms with van der Waals surface area (Å²) in [5.74, 6) is 0. The summed E-state index contributed by atoms with van der Waals surface area (Å²) in [6.45, 7) is 0.656. The highest BCUT2D eigenvalue weighted by atomic mass is 127. The zero-order valence-corrected chi connectivity index (χ0v) is 9.86. The van der Waals surface area contributed by atoms with E-state index >= 15 is 0 Å². The topological polar surface area (TPSA) is 38.9 Å². The monoisotopic (exact) mass is 298 g/mol. The predicted octanol–water partition coefficient (Wildman–Crippen LogP) is 2.34. The van der Waals surface area contributed by atoms with Crippen LogP contribution in [0.5, 0.6) is 0 Å². The Labute approximate surface area is 96.7 Å². The zero-order valence-electron chi connectivity index (χ0n) is 7.70. The van der Waals surface area contributed by atoms with Gasteiger partial charge in [-0.05, 0) is 53.4 Å². The Hall–Kier alpha value is -0.680. The van der Waals surface area contributed by atoms with Crippen molar-refractivity contribution in [2.45, 2.75) is 6.42 Å². The van der Waals surface area contributed by atoms with Crippen molar-refractivity contribution in [1.29, 1.82) is 0 Å². The van der Waals surface area contributed by atoms with E-state index in [-0.39, 0.29) is 0 Å². The lowest BCUT2D eigenvalue weighted by molar-refractivity contribution is 0.932. The molecule has 0 aliphatic heterocycles. The van der Waals surface area contributed by atoms with E-state index in [0.29, 0.717) is 6.54 Å². The van der Waals surface area contributed by atoms with E-state index in [4.69, 9.17) is 5.73 Å². The minimum Gasteiger partial charge on any atom is -0.330 e. The molecule has 2 nitrogen and oxygen atoms in total. The standard InChI is InChI=1S/C11H11IN2/c12-9-2-4-11-8(7-9)1-3-10(14-11)5-6-13/h1-4,7H,5-6,13H2. The fourth-order valence-electron chi connectivity index (χ4n) is 1.43. The van der Waals surface area contributed by atoms with Gasteiger partial charge in [0.25, 0.3) is 0 Å². The molecule has 0 atom stereocenters. The van der Waals surface area contributed by atoms with Crippen LogP contribution in [0.4, 0.5) is 0 Å². The summed E-state index contributed by atoms with van der Waals surface area (Å²) >= 11 is 2.31. The van der Waals surface area contributed by atoms with Crippen molar-refractivity contribution in [3.8, 4) is 0 Å². The lowest BCUT2D eigenvalue weighted by atomic mass is 10.2. The Morgan fingerprint density at radius 3 is 2.86 bits per heavy atom. The lowest BCUT2D eigenvalue weighted by Crippen LogP contribution is -2.04. The predicted molar refractivity (Wildman–Crippen MR) is 67.2 cm³/mol. The highest BCUT2D eigenvalue weighted by Crippen LogP contribution is 2.16. The molecule has 0 aliphatic carbocycles. The maximum absolute atomic E-state index is 5.49. The first-order valence-corrected chi connectivity index (χ1v) is 5.63. The van der Waals surface area contributed by atoms with Gasteiger partial charge in [-0.15, -0.1) is 0 Å². The third kappa shape index (κ3) is 2.04. The van der Waals surface area contributed by atoms with Crippen molar-refractivity contribution < 1.29 is 0 Å². The van der Waals surface area contributed by atoms with Gasteiger partial charge >= 0.3 is 0 Å². The Morgan fingerprint density at radius 2 is 2.07 bits per heavy atom. The molecule has 14 heavy (non-hydrogen) atoms. The smallest absolute Gasteiger partial charge is 0.0706 e. The van der Waals surface area contributed by atoms with Crippen molar-refractivity contribution in [1.82, 2.24) is 4.98 Å². The summed E-state index contributed by atoms with van der Waals surface area (Å²) in [5, 5.41) is 1.19. The van der Waals surface area contributed by atoms with Crippen LogP contribution in [-0.4, -0.2) is 11.5 Å². The molecule has 0 spiro atoms. The van der Waals surface area contributed by atoms with Crippen LogP contribution in [-0.2, 0) is 6.42 Å². The minimum atomic E-state index is 0.656. The molecule has 2 aromatic rings. The fourth-order valence-corrected chi connectivity index (χ4v) is 1.94. The van der Waals surface area contributed by atoms with Crippen LogP contribution in [0.1, 0.15) is 5.69 Å². The Bertz CT molecular complexity index is 454. The second-order valence-corrected chi connectivity index (χ2v) is 4.42. The number of pyridine rings is 1. The molecule has 0 saturated carbocycles. The van der Waals surface area contributed by atoms with Crippen LogP contribution in [0.2, 0.25) is 0 Å². The second-order valence-electron chi connectivity index (χ2n) is 3.18. The van der Waals surface area contributed by atoms with Crippen LogP contribution in [0.15, 0.2) is 30.3 Å². The number of aromatic nitrogens is 1. The minimum absolute atomic E-state index is 0.656. The third-order valence-electron chi connectivity index (χ3n) is 2.11. The van der Waals surface area contributed by atoms with E-state index in [1.165, 1.54) is 8.96 Å². The summed E-state index contributed by atoms with van der Waals surface area (Å²) < 4.78 is 1.24. The molecule has 2 rings (SSSR count). The quantitative estimate of drug-likeness (QED) is 0.864. The average molecular weight is 298 g/mol. The third-order valence-corrected chi connectivity index (χ3v) is 2.78. The molecule has 0 radical (unpaired) electrons. The van der Waals surface area contributed by atoms with E-state index < -0.39 is 0 Å². The maximum Gasteiger partial charge on any atom is 0.0706 e. The summed E-state index contributed by atoms with van der Waals surface area (Å²) in [4.78, 5) is 4.52. The zero-order chi connectivity index (χ0) is 9.97. The lowest BCUT2D eigenvalue weighted by Gasteiger charge is -2.01.